The van der Waals surface area contributed by atoms with Crippen LogP contribution in [0.15, 0.2) is 55.1 Å². The van der Waals surface area contributed by atoms with Crippen LogP contribution in [0.4, 0.5) is 5.69 Å². The third-order valence-corrected chi connectivity index (χ3v) is 4.66. The van der Waals surface area contributed by atoms with Gasteiger partial charge in [-0.2, -0.15) is 0 Å². The van der Waals surface area contributed by atoms with Gasteiger partial charge < -0.3 is 14.2 Å². The minimum Gasteiger partial charge on any atom is -0.469 e. The lowest BCUT2D eigenvalue weighted by molar-refractivity contribution is -0.115. The molecule has 0 aliphatic heterocycles. The van der Waals surface area contributed by atoms with E-state index in [-0.39, 0.29) is 11.2 Å². The molecule has 3 aromatic rings. The van der Waals surface area contributed by atoms with Gasteiger partial charge in [0.15, 0.2) is 0 Å². The zero-order valence-electron chi connectivity index (χ0n) is 12.9. The molecule has 8 heteroatoms. The largest absolute Gasteiger partial charge is 0.469 e. The monoisotopic (exact) mass is 407 g/mol. The van der Waals surface area contributed by atoms with E-state index < -0.39 is 0 Å². The summed E-state index contributed by atoms with van der Waals surface area (Å²) < 4.78 is 11.7. The topological polar surface area (TPSA) is 81.2 Å². The van der Waals surface area contributed by atoms with Gasteiger partial charge in [0.25, 0.3) is 11.1 Å². The summed E-state index contributed by atoms with van der Waals surface area (Å²) in [6.07, 6.45) is 1.57. The van der Waals surface area contributed by atoms with Gasteiger partial charge in [0, 0.05) is 10.2 Å². The van der Waals surface area contributed by atoms with Crippen molar-refractivity contribution in [1.82, 2.24) is 10.2 Å². The number of thioether (sulfide) groups is 1. The summed E-state index contributed by atoms with van der Waals surface area (Å²) in [7, 11) is 0. The molecule has 0 unspecified atom stereocenters. The molecule has 0 fully saturated rings. The van der Waals surface area contributed by atoms with Gasteiger partial charge in [-0.05, 0) is 38.1 Å². The molecular formula is C16H14BrN3O3S. The Morgan fingerprint density at radius 1 is 1.33 bits per heavy atom. The van der Waals surface area contributed by atoms with E-state index in [9.17, 15) is 4.79 Å². The predicted molar refractivity (Wildman–Crippen MR) is 94.8 cm³/mol. The van der Waals surface area contributed by atoms with Gasteiger partial charge in [-0.15, -0.1) is 10.2 Å². The first-order chi connectivity index (χ1) is 11.5. The van der Waals surface area contributed by atoms with Crippen LogP contribution in [0.3, 0.4) is 0 Å². The van der Waals surface area contributed by atoms with E-state index in [2.05, 4.69) is 31.4 Å². The minimum atomic E-state index is -0.386. The molecule has 0 radical (unpaired) electrons. The summed E-state index contributed by atoms with van der Waals surface area (Å²) in [5.74, 6) is 0.941. The Morgan fingerprint density at radius 2 is 2.17 bits per heavy atom. The lowest BCUT2D eigenvalue weighted by atomic mass is 10.3. The van der Waals surface area contributed by atoms with E-state index in [4.69, 9.17) is 8.83 Å². The second-order valence-corrected chi connectivity index (χ2v) is 7.23. The van der Waals surface area contributed by atoms with Crippen LogP contribution in [0.2, 0.25) is 0 Å². The third-order valence-electron chi connectivity index (χ3n) is 3.23. The van der Waals surface area contributed by atoms with Gasteiger partial charge in [-0.1, -0.05) is 33.8 Å². The van der Waals surface area contributed by atoms with E-state index in [1.807, 2.05) is 31.2 Å². The maximum Gasteiger partial charge on any atom is 0.277 e. The van der Waals surface area contributed by atoms with Gasteiger partial charge in [0.05, 0.1) is 17.1 Å². The molecule has 1 atom stereocenters. The molecule has 124 valence electrons. The molecule has 6 nitrogen and oxygen atoms in total. The summed E-state index contributed by atoms with van der Waals surface area (Å²) in [6, 6.07) is 9.18. The number of hydrogen-bond acceptors (Lipinski definition) is 6. The Kier molecular flexibility index (Phi) is 5.06. The number of carbonyl (C=O) groups excluding carboxylic acids is 1. The molecule has 2 aromatic heterocycles. The van der Waals surface area contributed by atoms with Crippen molar-refractivity contribution in [3.8, 4) is 11.5 Å². The van der Waals surface area contributed by atoms with Crippen LogP contribution in [0.5, 0.6) is 0 Å². The van der Waals surface area contributed by atoms with Crippen LogP contribution >= 0.6 is 27.7 Å². The van der Waals surface area contributed by atoms with Crippen molar-refractivity contribution >= 4 is 39.3 Å². The maximum atomic E-state index is 12.3. The number of benzene rings is 1. The standard InChI is InChI=1S/C16H14BrN3O3S/c1-9-13(6-7-22-9)15-19-20-16(23-15)24-10(2)14(21)18-12-5-3-4-11(17)8-12/h3-8,10H,1-2H3,(H,18,21)/t10-/m0/s1. The van der Waals surface area contributed by atoms with Crippen molar-refractivity contribution in [1.29, 1.82) is 0 Å². The summed E-state index contributed by atoms with van der Waals surface area (Å²) >= 11 is 4.58. The number of furan rings is 1. The molecule has 24 heavy (non-hydrogen) atoms. The number of rotatable bonds is 5. The summed E-state index contributed by atoms with van der Waals surface area (Å²) in [5.41, 5.74) is 1.47. The lowest BCUT2D eigenvalue weighted by Gasteiger charge is -2.10. The fourth-order valence-electron chi connectivity index (χ4n) is 1.99. The maximum absolute atomic E-state index is 12.3. The highest BCUT2D eigenvalue weighted by Crippen LogP contribution is 2.28. The van der Waals surface area contributed by atoms with Gasteiger partial charge in [0.1, 0.15) is 5.76 Å². The number of amides is 1. The SMILES string of the molecule is Cc1occc1-c1nnc(S[C@@H](C)C(=O)Nc2cccc(Br)c2)o1. The van der Waals surface area contributed by atoms with E-state index in [0.29, 0.717) is 16.9 Å². The van der Waals surface area contributed by atoms with E-state index in [1.165, 1.54) is 11.8 Å². The fraction of sp³-hybridized carbons (Fsp3) is 0.188. The molecule has 0 spiro atoms. The fourth-order valence-corrected chi connectivity index (χ4v) is 3.07. The first kappa shape index (κ1) is 16.8. The number of nitrogens with zero attached hydrogens (tertiary/aromatic N) is 2. The van der Waals surface area contributed by atoms with Gasteiger partial charge >= 0.3 is 0 Å². The second kappa shape index (κ2) is 7.23. The molecule has 2 heterocycles. The number of nitrogens with one attached hydrogen (secondary N) is 1. The Labute approximate surface area is 151 Å². The highest BCUT2D eigenvalue weighted by Gasteiger charge is 2.20. The quantitative estimate of drug-likeness (QED) is 0.626. The molecule has 1 aromatic carbocycles. The van der Waals surface area contributed by atoms with E-state index in [1.54, 1.807) is 19.3 Å². The Hall–Kier alpha value is -2.06. The molecule has 0 bridgehead atoms. The molecule has 0 aliphatic carbocycles. The van der Waals surface area contributed by atoms with Gasteiger partial charge in [-0.3, -0.25) is 4.79 Å². The number of aryl methyl sites for hydroxylation is 1. The number of halogens is 1. The van der Waals surface area contributed by atoms with Crippen LogP contribution in [0, 0.1) is 6.92 Å². The summed E-state index contributed by atoms with van der Waals surface area (Å²) in [4.78, 5) is 12.3. The average Bonchev–Trinajstić information content (AvgIpc) is 3.16. The molecule has 0 aliphatic rings. The summed E-state index contributed by atoms with van der Waals surface area (Å²) in [5, 5.41) is 10.8. The van der Waals surface area contributed by atoms with E-state index >= 15 is 0 Å². The predicted octanol–water partition coefficient (Wildman–Crippen LogP) is 4.52. The van der Waals surface area contributed by atoms with Crippen molar-refractivity contribution in [3.05, 3.63) is 46.8 Å². The molecular weight excluding hydrogens is 394 g/mol. The van der Waals surface area contributed by atoms with Crippen molar-refractivity contribution in [3.63, 3.8) is 0 Å². The Balaban J connectivity index is 1.64. The average molecular weight is 408 g/mol. The highest BCUT2D eigenvalue weighted by molar-refractivity contribution is 9.10. The first-order valence-electron chi connectivity index (χ1n) is 7.14. The normalized spacial score (nSPS) is 12.1. The smallest absolute Gasteiger partial charge is 0.277 e. The zero-order chi connectivity index (χ0) is 17.1. The third kappa shape index (κ3) is 3.88. The molecule has 1 amide bonds. The Bertz CT molecular complexity index is 862. The molecule has 3 rings (SSSR count). The van der Waals surface area contributed by atoms with Gasteiger partial charge in [-0.25, -0.2) is 0 Å². The van der Waals surface area contributed by atoms with Gasteiger partial charge in [0.2, 0.25) is 5.91 Å². The second-order valence-electron chi connectivity index (χ2n) is 5.02. The number of carbonyl (C=O) groups is 1. The Morgan fingerprint density at radius 3 is 2.88 bits per heavy atom. The summed E-state index contributed by atoms with van der Waals surface area (Å²) in [6.45, 7) is 3.60. The lowest BCUT2D eigenvalue weighted by Crippen LogP contribution is -2.22. The van der Waals surface area contributed by atoms with Crippen LogP contribution in [0.25, 0.3) is 11.5 Å². The number of aromatic nitrogens is 2. The first-order valence-corrected chi connectivity index (χ1v) is 8.81. The number of hydrogen-bond donors (Lipinski definition) is 1. The van der Waals surface area contributed by atoms with Crippen molar-refractivity contribution in [2.45, 2.75) is 24.3 Å². The van der Waals surface area contributed by atoms with Crippen molar-refractivity contribution in [2.24, 2.45) is 0 Å². The van der Waals surface area contributed by atoms with Crippen LogP contribution in [-0.4, -0.2) is 21.4 Å². The minimum absolute atomic E-state index is 0.141. The highest BCUT2D eigenvalue weighted by atomic mass is 79.9. The zero-order valence-corrected chi connectivity index (χ0v) is 15.3. The van der Waals surface area contributed by atoms with E-state index in [0.717, 1.165) is 15.7 Å². The van der Waals surface area contributed by atoms with Crippen molar-refractivity contribution < 1.29 is 13.6 Å². The van der Waals surface area contributed by atoms with Crippen LogP contribution in [-0.2, 0) is 4.79 Å². The van der Waals surface area contributed by atoms with Crippen LogP contribution in [0.1, 0.15) is 12.7 Å². The molecule has 0 saturated heterocycles. The van der Waals surface area contributed by atoms with Crippen molar-refractivity contribution in [2.75, 3.05) is 5.32 Å². The van der Waals surface area contributed by atoms with Crippen LogP contribution < -0.4 is 5.32 Å². The molecule has 0 saturated carbocycles. The number of anilines is 1. The molecule has 1 N–H and O–H groups in total.